The summed E-state index contributed by atoms with van der Waals surface area (Å²) in [7, 11) is 0. The topological polar surface area (TPSA) is 70.2 Å². The van der Waals surface area contributed by atoms with Gasteiger partial charge in [0.25, 0.3) is 5.91 Å². The third kappa shape index (κ3) is 3.90. The van der Waals surface area contributed by atoms with Gasteiger partial charge in [-0.3, -0.25) is 14.4 Å². The lowest BCUT2D eigenvalue weighted by Gasteiger charge is -2.35. The van der Waals surface area contributed by atoms with Crippen LogP contribution in [-0.2, 0) is 14.3 Å². The van der Waals surface area contributed by atoms with Crippen molar-refractivity contribution in [1.29, 1.82) is 0 Å². The van der Waals surface area contributed by atoms with Gasteiger partial charge in [0.1, 0.15) is 0 Å². The number of hydrogen-bond acceptors (Lipinski definition) is 4. The number of amides is 3. The second kappa shape index (κ2) is 8.31. The number of hydrogen-bond donors (Lipinski definition) is 0. The van der Waals surface area contributed by atoms with Crippen molar-refractivity contribution in [3.63, 3.8) is 0 Å². The van der Waals surface area contributed by atoms with Crippen LogP contribution in [0.1, 0.15) is 36.0 Å². The normalized spacial score (nSPS) is 21.3. The molecule has 0 saturated carbocycles. The van der Waals surface area contributed by atoms with Crippen molar-refractivity contribution in [3.05, 3.63) is 29.8 Å². The summed E-state index contributed by atoms with van der Waals surface area (Å²) >= 11 is 0. The molecule has 3 amide bonds. The molecule has 3 fully saturated rings. The zero-order valence-corrected chi connectivity index (χ0v) is 16.1. The fourth-order valence-electron chi connectivity index (χ4n) is 4.28. The van der Waals surface area contributed by atoms with Crippen LogP contribution in [0.4, 0.5) is 5.69 Å². The first-order chi connectivity index (χ1) is 13.6. The molecule has 1 aromatic rings. The summed E-state index contributed by atoms with van der Waals surface area (Å²) in [5.41, 5.74) is 1.40. The Morgan fingerprint density at radius 1 is 0.964 bits per heavy atom. The lowest BCUT2D eigenvalue weighted by molar-refractivity contribution is -0.141. The van der Waals surface area contributed by atoms with Crippen molar-refractivity contribution in [2.24, 2.45) is 5.92 Å². The Morgan fingerprint density at radius 2 is 1.71 bits per heavy atom. The summed E-state index contributed by atoms with van der Waals surface area (Å²) in [6.45, 7) is 4.45. The zero-order valence-electron chi connectivity index (χ0n) is 16.1. The van der Waals surface area contributed by atoms with Crippen LogP contribution in [0.5, 0.6) is 0 Å². The highest BCUT2D eigenvalue weighted by atomic mass is 16.5. The Bertz CT molecular complexity index is 752. The molecule has 3 aliphatic rings. The molecular weight excluding hydrogens is 358 g/mol. The molecule has 28 heavy (non-hydrogen) atoms. The first-order valence-electron chi connectivity index (χ1n) is 10.2. The number of morpholine rings is 1. The van der Waals surface area contributed by atoms with Gasteiger partial charge < -0.3 is 19.4 Å². The first-order valence-corrected chi connectivity index (χ1v) is 10.2. The largest absolute Gasteiger partial charge is 0.378 e. The molecule has 3 aliphatic heterocycles. The van der Waals surface area contributed by atoms with Crippen LogP contribution in [0.3, 0.4) is 0 Å². The summed E-state index contributed by atoms with van der Waals surface area (Å²) in [6.07, 6.45) is 2.84. The summed E-state index contributed by atoms with van der Waals surface area (Å²) in [4.78, 5) is 43.0. The van der Waals surface area contributed by atoms with Crippen LogP contribution in [-0.4, -0.2) is 73.5 Å². The van der Waals surface area contributed by atoms with Gasteiger partial charge >= 0.3 is 0 Å². The van der Waals surface area contributed by atoms with Crippen molar-refractivity contribution < 1.29 is 19.1 Å². The molecular formula is C21H27N3O4. The smallest absolute Gasteiger partial charge is 0.253 e. The number of ether oxygens (including phenoxy) is 1. The number of anilines is 1. The molecule has 0 radical (unpaired) electrons. The Hall–Kier alpha value is -2.41. The second-order valence-corrected chi connectivity index (χ2v) is 7.70. The van der Waals surface area contributed by atoms with Crippen LogP contribution < -0.4 is 4.90 Å². The molecule has 0 N–H and O–H groups in total. The van der Waals surface area contributed by atoms with Crippen molar-refractivity contribution in [2.45, 2.75) is 25.7 Å². The minimum Gasteiger partial charge on any atom is -0.378 e. The number of piperidine rings is 1. The van der Waals surface area contributed by atoms with Crippen LogP contribution in [0, 0.1) is 5.92 Å². The molecule has 0 bridgehead atoms. The maximum Gasteiger partial charge on any atom is 0.253 e. The van der Waals surface area contributed by atoms with E-state index in [1.54, 1.807) is 11.0 Å². The summed E-state index contributed by atoms with van der Waals surface area (Å²) in [5, 5.41) is 0. The Morgan fingerprint density at radius 3 is 2.39 bits per heavy atom. The number of nitrogens with zero attached hydrogens (tertiary/aromatic N) is 3. The molecule has 0 unspecified atom stereocenters. The lowest BCUT2D eigenvalue weighted by Crippen LogP contribution is -2.47. The first kappa shape index (κ1) is 18.9. The summed E-state index contributed by atoms with van der Waals surface area (Å²) in [5.74, 6) is 0.290. The highest BCUT2D eigenvalue weighted by Gasteiger charge is 2.31. The fourth-order valence-corrected chi connectivity index (χ4v) is 4.28. The van der Waals surface area contributed by atoms with Crippen molar-refractivity contribution in [3.8, 4) is 0 Å². The maximum atomic E-state index is 12.9. The lowest BCUT2D eigenvalue weighted by atomic mass is 9.94. The van der Waals surface area contributed by atoms with Gasteiger partial charge in [0, 0.05) is 56.3 Å². The molecule has 0 atom stereocenters. The Kier molecular flexibility index (Phi) is 5.62. The summed E-state index contributed by atoms with van der Waals surface area (Å²) < 4.78 is 5.32. The zero-order chi connectivity index (χ0) is 19.5. The van der Waals surface area contributed by atoms with Gasteiger partial charge in [0.2, 0.25) is 11.8 Å². The van der Waals surface area contributed by atoms with Gasteiger partial charge in [-0.05, 0) is 37.5 Å². The van der Waals surface area contributed by atoms with Crippen molar-refractivity contribution in [1.82, 2.24) is 9.80 Å². The molecule has 150 valence electrons. The standard InChI is InChI=1S/C21H27N3O4/c25-19-5-2-8-24(19)18-4-1-3-17(15-18)21(27)22-9-6-16(7-10-22)20(26)23-11-13-28-14-12-23/h1,3-4,15-16H,2,5-14H2. The van der Waals surface area contributed by atoms with Gasteiger partial charge in [0.05, 0.1) is 13.2 Å². The number of rotatable bonds is 3. The van der Waals surface area contributed by atoms with E-state index in [-0.39, 0.29) is 23.6 Å². The molecule has 4 rings (SSSR count). The number of benzene rings is 1. The van der Waals surface area contributed by atoms with Crippen LogP contribution in [0.25, 0.3) is 0 Å². The van der Waals surface area contributed by atoms with E-state index in [1.807, 2.05) is 28.0 Å². The van der Waals surface area contributed by atoms with E-state index in [4.69, 9.17) is 4.74 Å². The molecule has 7 heteroatoms. The highest BCUT2D eigenvalue weighted by Crippen LogP contribution is 2.25. The van der Waals surface area contributed by atoms with Gasteiger partial charge in [-0.1, -0.05) is 6.07 Å². The molecule has 0 aliphatic carbocycles. The molecule has 3 saturated heterocycles. The van der Waals surface area contributed by atoms with E-state index in [9.17, 15) is 14.4 Å². The molecule has 1 aromatic carbocycles. The molecule has 3 heterocycles. The molecule has 7 nitrogen and oxygen atoms in total. The predicted octanol–water partition coefficient (Wildman–Crippen LogP) is 1.52. The number of carbonyl (C=O) groups is 3. The molecule has 0 spiro atoms. The van der Waals surface area contributed by atoms with Crippen LogP contribution in [0.2, 0.25) is 0 Å². The highest BCUT2D eigenvalue weighted by molar-refractivity contribution is 5.99. The van der Waals surface area contributed by atoms with Crippen molar-refractivity contribution >= 4 is 23.4 Å². The second-order valence-electron chi connectivity index (χ2n) is 7.70. The van der Waals surface area contributed by atoms with E-state index < -0.39 is 0 Å². The SMILES string of the molecule is O=C(c1cccc(N2CCCC2=O)c1)N1CCC(C(=O)N2CCOCC2)CC1. The van der Waals surface area contributed by atoms with E-state index in [1.165, 1.54) is 0 Å². The van der Waals surface area contributed by atoms with Gasteiger partial charge in [-0.2, -0.15) is 0 Å². The van der Waals surface area contributed by atoms with Crippen molar-refractivity contribution in [2.75, 3.05) is 50.8 Å². The van der Waals surface area contributed by atoms with E-state index in [0.717, 1.165) is 12.1 Å². The Balaban J connectivity index is 1.36. The monoisotopic (exact) mass is 385 g/mol. The van der Waals surface area contributed by atoms with Crippen LogP contribution in [0.15, 0.2) is 24.3 Å². The Labute approximate surface area is 165 Å². The van der Waals surface area contributed by atoms with E-state index >= 15 is 0 Å². The van der Waals surface area contributed by atoms with Gasteiger partial charge in [-0.15, -0.1) is 0 Å². The average molecular weight is 385 g/mol. The third-order valence-electron chi connectivity index (χ3n) is 5.93. The fraction of sp³-hybridized carbons (Fsp3) is 0.571. The average Bonchev–Trinajstić information content (AvgIpc) is 3.19. The minimum absolute atomic E-state index is 0.00398. The third-order valence-corrected chi connectivity index (χ3v) is 5.93. The summed E-state index contributed by atoms with van der Waals surface area (Å²) in [6, 6.07) is 7.34. The van der Waals surface area contributed by atoms with E-state index in [0.29, 0.717) is 70.8 Å². The van der Waals surface area contributed by atoms with Gasteiger partial charge in [-0.25, -0.2) is 0 Å². The quantitative estimate of drug-likeness (QED) is 0.791. The predicted molar refractivity (Wildman–Crippen MR) is 104 cm³/mol. The maximum absolute atomic E-state index is 12.9. The van der Waals surface area contributed by atoms with Gasteiger partial charge in [0.15, 0.2) is 0 Å². The molecule has 0 aromatic heterocycles. The van der Waals surface area contributed by atoms with Crippen LogP contribution >= 0.6 is 0 Å². The number of carbonyl (C=O) groups excluding carboxylic acids is 3. The number of likely N-dealkylation sites (tertiary alicyclic amines) is 1. The van der Waals surface area contributed by atoms with E-state index in [2.05, 4.69) is 0 Å². The minimum atomic E-state index is -0.0224.